The Hall–Kier alpha value is -3.55. The fourth-order valence-corrected chi connectivity index (χ4v) is 2.42. The molecule has 0 aliphatic heterocycles. The van der Waals surface area contributed by atoms with Gasteiger partial charge in [0.05, 0.1) is 17.4 Å². The highest BCUT2D eigenvalue weighted by Gasteiger charge is 2.09. The summed E-state index contributed by atoms with van der Waals surface area (Å²) >= 11 is 0. The molecule has 0 fully saturated rings. The normalized spacial score (nSPS) is 10.8. The van der Waals surface area contributed by atoms with Crippen LogP contribution in [0.25, 0.3) is 16.9 Å². The van der Waals surface area contributed by atoms with Gasteiger partial charge in [-0.05, 0) is 18.2 Å². The fraction of sp³-hybridized carbons (Fsp3) is 0.0625. The number of aromatic nitrogens is 6. The molecule has 0 bridgehead atoms. The molecule has 8 nitrogen and oxygen atoms in total. The summed E-state index contributed by atoms with van der Waals surface area (Å²) in [4.78, 5) is 24.8. The monoisotopic (exact) mass is 319 g/mol. The lowest BCUT2D eigenvalue weighted by atomic mass is 10.3. The van der Waals surface area contributed by atoms with E-state index in [0.717, 1.165) is 11.0 Å². The smallest absolute Gasteiger partial charge is 0.245 e. The number of hydrogen-bond acceptors (Lipinski definition) is 5. The molecule has 24 heavy (non-hydrogen) atoms. The minimum absolute atomic E-state index is 0.154. The van der Waals surface area contributed by atoms with Crippen LogP contribution >= 0.6 is 0 Å². The van der Waals surface area contributed by atoms with Gasteiger partial charge in [-0.1, -0.05) is 12.1 Å². The van der Waals surface area contributed by atoms with E-state index >= 15 is 0 Å². The number of carbonyl (C=O) groups excluding carboxylic acids is 1. The van der Waals surface area contributed by atoms with Gasteiger partial charge in [0.15, 0.2) is 5.82 Å². The Bertz CT molecular complexity index is 991. The number of imidazole rings is 1. The van der Waals surface area contributed by atoms with E-state index in [1.807, 2.05) is 24.3 Å². The third-order valence-electron chi connectivity index (χ3n) is 3.50. The van der Waals surface area contributed by atoms with E-state index in [-0.39, 0.29) is 12.5 Å². The molecule has 0 atom stereocenters. The highest BCUT2D eigenvalue weighted by atomic mass is 16.2. The number of amides is 1. The average Bonchev–Trinajstić information content (AvgIpc) is 3.26. The van der Waals surface area contributed by atoms with Gasteiger partial charge in [-0.2, -0.15) is 5.10 Å². The van der Waals surface area contributed by atoms with Gasteiger partial charge in [0.2, 0.25) is 5.91 Å². The van der Waals surface area contributed by atoms with E-state index in [9.17, 15) is 4.79 Å². The number of rotatable bonds is 4. The van der Waals surface area contributed by atoms with E-state index in [1.54, 1.807) is 40.1 Å². The molecule has 0 aliphatic carbocycles. The van der Waals surface area contributed by atoms with E-state index in [1.165, 1.54) is 6.33 Å². The summed E-state index contributed by atoms with van der Waals surface area (Å²) < 4.78 is 3.39. The average molecular weight is 319 g/mol. The second-order valence-electron chi connectivity index (χ2n) is 5.12. The first-order valence-corrected chi connectivity index (χ1v) is 7.31. The molecule has 1 amide bonds. The third kappa shape index (κ3) is 2.72. The maximum atomic E-state index is 12.3. The maximum absolute atomic E-state index is 12.3. The standard InChI is InChI=1S/C16H13N7O/c24-16(9-22-11-19-12-4-1-2-5-13(12)22)21-14-8-15(18-10-17-14)23-7-3-6-20-23/h1-8,10-11H,9H2,(H,17,18,21,24). The van der Waals surface area contributed by atoms with Crippen LogP contribution in [0.5, 0.6) is 0 Å². The van der Waals surface area contributed by atoms with Crippen LogP contribution in [0.15, 0.2) is 61.4 Å². The third-order valence-corrected chi connectivity index (χ3v) is 3.50. The van der Waals surface area contributed by atoms with Crippen LogP contribution < -0.4 is 5.32 Å². The Labute approximate surface area is 136 Å². The molecule has 1 aromatic carbocycles. The lowest BCUT2D eigenvalue weighted by Crippen LogP contribution is -2.19. The number of nitrogens with one attached hydrogen (secondary N) is 1. The quantitative estimate of drug-likeness (QED) is 0.617. The van der Waals surface area contributed by atoms with Crippen LogP contribution in [0.4, 0.5) is 5.82 Å². The molecule has 0 aliphatic rings. The second kappa shape index (κ2) is 5.92. The van der Waals surface area contributed by atoms with Crippen LogP contribution in [-0.2, 0) is 11.3 Å². The Morgan fingerprint density at radius 1 is 1.12 bits per heavy atom. The number of anilines is 1. The first kappa shape index (κ1) is 14.1. The fourth-order valence-electron chi connectivity index (χ4n) is 2.42. The van der Waals surface area contributed by atoms with Crippen molar-refractivity contribution in [3.05, 3.63) is 61.4 Å². The van der Waals surface area contributed by atoms with Crippen LogP contribution in [0.1, 0.15) is 0 Å². The summed E-state index contributed by atoms with van der Waals surface area (Å²) in [5, 5.41) is 6.87. The highest BCUT2D eigenvalue weighted by molar-refractivity contribution is 5.90. The predicted molar refractivity (Wildman–Crippen MR) is 87.5 cm³/mol. The molecule has 4 aromatic rings. The lowest BCUT2D eigenvalue weighted by molar-refractivity contribution is -0.116. The Balaban J connectivity index is 1.51. The molecule has 0 unspecified atom stereocenters. The van der Waals surface area contributed by atoms with Gasteiger partial charge in [-0.15, -0.1) is 0 Å². The predicted octanol–water partition coefficient (Wildman–Crippen LogP) is 1.65. The van der Waals surface area contributed by atoms with Gasteiger partial charge in [0.25, 0.3) is 0 Å². The molecular weight excluding hydrogens is 306 g/mol. The van der Waals surface area contributed by atoms with Crippen molar-refractivity contribution >= 4 is 22.8 Å². The molecule has 0 spiro atoms. The Morgan fingerprint density at radius 3 is 2.92 bits per heavy atom. The minimum atomic E-state index is -0.191. The van der Waals surface area contributed by atoms with Gasteiger partial charge in [-0.3, -0.25) is 4.79 Å². The van der Waals surface area contributed by atoms with Crippen molar-refractivity contribution in [2.75, 3.05) is 5.32 Å². The summed E-state index contributed by atoms with van der Waals surface area (Å²) in [6, 6.07) is 11.1. The SMILES string of the molecule is O=C(Cn1cnc2ccccc21)Nc1cc(-n2cccn2)ncn1. The van der Waals surface area contributed by atoms with E-state index < -0.39 is 0 Å². The van der Waals surface area contributed by atoms with E-state index in [0.29, 0.717) is 11.6 Å². The largest absolute Gasteiger partial charge is 0.321 e. The molecule has 3 aromatic heterocycles. The van der Waals surface area contributed by atoms with Crippen LogP contribution in [0.2, 0.25) is 0 Å². The molecule has 1 N–H and O–H groups in total. The minimum Gasteiger partial charge on any atom is -0.321 e. The summed E-state index contributed by atoms with van der Waals surface area (Å²) in [6.45, 7) is 0.154. The zero-order valence-electron chi connectivity index (χ0n) is 12.6. The van der Waals surface area contributed by atoms with Crippen molar-refractivity contribution in [3.8, 4) is 5.82 Å². The van der Waals surface area contributed by atoms with Crippen LogP contribution in [0, 0.1) is 0 Å². The topological polar surface area (TPSA) is 90.5 Å². The molecule has 3 heterocycles. The number of carbonyl (C=O) groups is 1. The molecule has 0 saturated heterocycles. The molecule has 118 valence electrons. The number of para-hydroxylation sites is 2. The van der Waals surface area contributed by atoms with Crippen LogP contribution in [-0.4, -0.2) is 35.2 Å². The lowest BCUT2D eigenvalue weighted by Gasteiger charge is -2.07. The Kier molecular flexibility index (Phi) is 3.47. The zero-order valence-corrected chi connectivity index (χ0v) is 12.6. The molecule has 0 radical (unpaired) electrons. The molecular formula is C16H13N7O. The highest BCUT2D eigenvalue weighted by Crippen LogP contribution is 2.12. The first-order chi connectivity index (χ1) is 11.8. The number of fused-ring (bicyclic) bond motifs is 1. The van der Waals surface area contributed by atoms with Crippen LogP contribution in [0.3, 0.4) is 0 Å². The van der Waals surface area contributed by atoms with Gasteiger partial charge in [-0.25, -0.2) is 19.6 Å². The molecule has 8 heteroatoms. The second-order valence-corrected chi connectivity index (χ2v) is 5.12. The van der Waals surface area contributed by atoms with Crippen molar-refractivity contribution in [2.45, 2.75) is 6.54 Å². The Morgan fingerprint density at radius 2 is 2.04 bits per heavy atom. The summed E-state index contributed by atoms with van der Waals surface area (Å²) in [5.74, 6) is 0.812. The summed E-state index contributed by atoms with van der Waals surface area (Å²) in [6.07, 6.45) is 6.47. The maximum Gasteiger partial charge on any atom is 0.245 e. The van der Waals surface area contributed by atoms with E-state index in [4.69, 9.17) is 0 Å². The van der Waals surface area contributed by atoms with Crippen molar-refractivity contribution in [1.82, 2.24) is 29.3 Å². The van der Waals surface area contributed by atoms with Gasteiger partial charge >= 0.3 is 0 Å². The van der Waals surface area contributed by atoms with Gasteiger partial charge in [0, 0.05) is 18.5 Å². The first-order valence-electron chi connectivity index (χ1n) is 7.31. The van der Waals surface area contributed by atoms with Crippen molar-refractivity contribution in [1.29, 1.82) is 0 Å². The van der Waals surface area contributed by atoms with Gasteiger partial charge in [0.1, 0.15) is 18.7 Å². The summed E-state index contributed by atoms with van der Waals surface area (Å²) in [7, 11) is 0. The zero-order chi connectivity index (χ0) is 16.4. The number of nitrogens with zero attached hydrogens (tertiary/aromatic N) is 6. The summed E-state index contributed by atoms with van der Waals surface area (Å²) in [5.41, 5.74) is 1.76. The number of hydrogen-bond donors (Lipinski definition) is 1. The number of benzene rings is 1. The van der Waals surface area contributed by atoms with Crippen molar-refractivity contribution in [3.63, 3.8) is 0 Å². The molecule has 0 saturated carbocycles. The van der Waals surface area contributed by atoms with Crippen molar-refractivity contribution < 1.29 is 4.79 Å². The van der Waals surface area contributed by atoms with E-state index in [2.05, 4.69) is 25.4 Å². The molecule has 4 rings (SSSR count). The van der Waals surface area contributed by atoms with Gasteiger partial charge < -0.3 is 9.88 Å². The van der Waals surface area contributed by atoms with Crippen molar-refractivity contribution in [2.24, 2.45) is 0 Å².